The maximum absolute atomic E-state index is 13.4. The molecule has 1 unspecified atom stereocenters. The second kappa shape index (κ2) is 4.00. The molecule has 14 heavy (non-hydrogen) atoms. The highest BCUT2D eigenvalue weighted by Gasteiger charge is 2.21. The zero-order valence-corrected chi connectivity index (χ0v) is 7.86. The van der Waals surface area contributed by atoms with Crippen LogP contribution in [0.2, 0.25) is 0 Å². The van der Waals surface area contributed by atoms with E-state index < -0.39 is 17.3 Å². The van der Waals surface area contributed by atoms with Crippen molar-refractivity contribution in [1.29, 1.82) is 0 Å². The van der Waals surface area contributed by atoms with E-state index in [9.17, 15) is 13.2 Å². The Bertz CT molecular complexity index is 323. The average molecular weight is 203 g/mol. The van der Waals surface area contributed by atoms with Crippen LogP contribution in [0.15, 0.2) is 18.2 Å². The van der Waals surface area contributed by atoms with Gasteiger partial charge in [0, 0.05) is 13.0 Å². The minimum Gasteiger partial charge on any atom is -0.328 e. The summed E-state index contributed by atoms with van der Waals surface area (Å²) in [6, 6.07) is 3.33. The molecular formula is C10H12F3N. The van der Waals surface area contributed by atoms with Crippen LogP contribution in [0.3, 0.4) is 0 Å². The topological polar surface area (TPSA) is 26.0 Å². The molecule has 4 heteroatoms. The molecule has 0 saturated carbocycles. The molecule has 1 nitrogen and oxygen atoms in total. The Balaban J connectivity index is 2.83. The highest BCUT2D eigenvalue weighted by atomic mass is 19.2. The second-order valence-corrected chi connectivity index (χ2v) is 3.54. The van der Waals surface area contributed by atoms with Crippen molar-refractivity contribution in [3.63, 3.8) is 0 Å². The lowest BCUT2D eigenvalue weighted by Crippen LogP contribution is -2.31. The number of alkyl halides is 1. The number of halogens is 3. The third kappa shape index (κ3) is 2.73. The third-order valence-corrected chi connectivity index (χ3v) is 1.98. The van der Waals surface area contributed by atoms with E-state index in [1.54, 1.807) is 0 Å². The Labute approximate surface area is 80.7 Å². The number of hydrogen-bond acceptors (Lipinski definition) is 1. The monoisotopic (exact) mass is 203 g/mol. The van der Waals surface area contributed by atoms with Crippen LogP contribution < -0.4 is 5.73 Å². The summed E-state index contributed by atoms with van der Waals surface area (Å²) >= 11 is 0. The summed E-state index contributed by atoms with van der Waals surface area (Å²) in [7, 11) is 0. The van der Waals surface area contributed by atoms with E-state index in [1.807, 2.05) is 0 Å². The smallest absolute Gasteiger partial charge is 0.159 e. The van der Waals surface area contributed by atoms with Gasteiger partial charge in [-0.05, 0) is 24.6 Å². The van der Waals surface area contributed by atoms with Gasteiger partial charge < -0.3 is 5.73 Å². The molecule has 1 aromatic carbocycles. The number of benzene rings is 1. The van der Waals surface area contributed by atoms with Gasteiger partial charge in [0.25, 0.3) is 0 Å². The molecule has 0 spiro atoms. The molecule has 1 atom stereocenters. The van der Waals surface area contributed by atoms with E-state index in [1.165, 1.54) is 13.0 Å². The third-order valence-electron chi connectivity index (χ3n) is 1.98. The maximum atomic E-state index is 13.4. The lowest BCUT2D eigenvalue weighted by Gasteiger charge is -2.17. The number of rotatable bonds is 3. The van der Waals surface area contributed by atoms with Crippen LogP contribution in [-0.4, -0.2) is 12.2 Å². The van der Waals surface area contributed by atoms with Gasteiger partial charge in [0.2, 0.25) is 0 Å². The first-order valence-corrected chi connectivity index (χ1v) is 4.27. The van der Waals surface area contributed by atoms with Crippen molar-refractivity contribution in [2.24, 2.45) is 5.73 Å². The van der Waals surface area contributed by atoms with Gasteiger partial charge in [0.1, 0.15) is 5.67 Å². The Morgan fingerprint density at radius 1 is 1.29 bits per heavy atom. The summed E-state index contributed by atoms with van der Waals surface area (Å²) in [5, 5.41) is 0. The molecule has 0 saturated heterocycles. The summed E-state index contributed by atoms with van der Waals surface area (Å²) in [6.07, 6.45) is -0.0132. The molecule has 0 aromatic heterocycles. The van der Waals surface area contributed by atoms with Gasteiger partial charge in [0.15, 0.2) is 11.6 Å². The standard InChI is InChI=1S/C10H12F3N/c1-10(13,6-14)5-7-2-3-8(11)9(12)4-7/h2-4H,5-6,14H2,1H3. The van der Waals surface area contributed by atoms with Crippen molar-refractivity contribution in [3.8, 4) is 0 Å². The van der Waals surface area contributed by atoms with Crippen LogP contribution in [0.4, 0.5) is 13.2 Å². The van der Waals surface area contributed by atoms with Crippen molar-refractivity contribution in [2.45, 2.75) is 19.0 Å². The molecule has 0 fully saturated rings. The van der Waals surface area contributed by atoms with E-state index >= 15 is 0 Å². The normalized spacial score (nSPS) is 15.2. The summed E-state index contributed by atoms with van der Waals surface area (Å²) in [5.74, 6) is -1.89. The molecule has 0 radical (unpaired) electrons. The van der Waals surface area contributed by atoms with Crippen molar-refractivity contribution in [1.82, 2.24) is 0 Å². The zero-order valence-electron chi connectivity index (χ0n) is 7.86. The van der Waals surface area contributed by atoms with Crippen LogP contribution in [0.5, 0.6) is 0 Å². The molecule has 0 amide bonds. The zero-order chi connectivity index (χ0) is 10.8. The quantitative estimate of drug-likeness (QED) is 0.800. The summed E-state index contributed by atoms with van der Waals surface area (Å²) in [5.41, 5.74) is 4.00. The van der Waals surface area contributed by atoms with Gasteiger partial charge in [0.05, 0.1) is 0 Å². The molecule has 1 rings (SSSR count). The molecule has 0 aliphatic carbocycles. The van der Waals surface area contributed by atoms with Crippen LogP contribution in [0, 0.1) is 11.6 Å². The van der Waals surface area contributed by atoms with E-state index in [0.29, 0.717) is 5.56 Å². The lowest BCUT2D eigenvalue weighted by molar-refractivity contribution is 0.200. The van der Waals surface area contributed by atoms with E-state index in [2.05, 4.69) is 0 Å². The van der Waals surface area contributed by atoms with E-state index in [0.717, 1.165) is 12.1 Å². The molecule has 0 heterocycles. The summed E-state index contributed by atoms with van der Waals surface area (Å²) in [4.78, 5) is 0. The van der Waals surface area contributed by atoms with Gasteiger partial charge >= 0.3 is 0 Å². The second-order valence-electron chi connectivity index (χ2n) is 3.54. The first-order chi connectivity index (χ1) is 6.44. The highest BCUT2D eigenvalue weighted by molar-refractivity contribution is 5.19. The van der Waals surface area contributed by atoms with Gasteiger partial charge in [-0.3, -0.25) is 0 Å². The van der Waals surface area contributed by atoms with Crippen molar-refractivity contribution < 1.29 is 13.2 Å². The molecular weight excluding hydrogens is 191 g/mol. The molecule has 0 bridgehead atoms. The van der Waals surface area contributed by atoms with Crippen molar-refractivity contribution in [2.75, 3.05) is 6.54 Å². The summed E-state index contributed by atoms with van der Waals surface area (Å²) < 4.78 is 38.6. The van der Waals surface area contributed by atoms with E-state index in [-0.39, 0.29) is 13.0 Å². The Morgan fingerprint density at radius 3 is 2.43 bits per heavy atom. The van der Waals surface area contributed by atoms with E-state index in [4.69, 9.17) is 5.73 Å². The highest BCUT2D eigenvalue weighted by Crippen LogP contribution is 2.18. The van der Waals surface area contributed by atoms with Crippen LogP contribution in [0.1, 0.15) is 12.5 Å². The van der Waals surface area contributed by atoms with Crippen molar-refractivity contribution in [3.05, 3.63) is 35.4 Å². The predicted octanol–water partition coefficient (Wildman–Crippen LogP) is 2.19. The predicted molar refractivity (Wildman–Crippen MR) is 48.6 cm³/mol. The fourth-order valence-corrected chi connectivity index (χ4v) is 1.15. The largest absolute Gasteiger partial charge is 0.328 e. The molecule has 1 aromatic rings. The molecule has 78 valence electrons. The molecule has 0 aliphatic rings. The minimum atomic E-state index is -1.58. The lowest BCUT2D eigenvalue weighted by atomic mass is 9.98. The Kier molecular flexibility index (Phi) is 3.16. The molecule has 2 N–H and O–H groups in total. The van der Waals surface area contributed by atoms with Gasteiger partial charge in [-0.2, -0.15) is 0 Å². The summed E-state index contributed by atoms with van der Waals surface area (Å²) in [6.45, 7) is 1.18. The van der Waals surface area contributed by atoms with Gasteiger partial charge in [-0.25, -0.2) is 13.2 Å². The average Bonchev–Trinajstić information content (AvgIpc) is 2.11. The maximum Gasteiger partial charge on any atom is 0.159 e. The van der Waals surface area contributed by atoms with Gasteiger partial charge in [-0.15, -0.1) is 0 Å². The van der Waals surface area contributed by atoms with Gasteiger partial charge in [-0.1, -0.05) is 6.07 Å². The SMILES string of the molecule is CC(F)(CN)Cc1ccc(F)c(F)c1. The molecule has 0 aliphatic heterocycles. The first-order valence-electron chi connectivity index (χ1n) is 4.27. The Hall–Kier alpha value is -1.03. The minimum absolute atomic E-state index is 0.0132. The fraction of sp³-hybridized carbons (Fsp3) is 0.400. The van der Waals surface area contributed by atoms with Crippen molar-refractivity contribution >= 4 is 0 Å². The number of hydrogen-bond donors (Lipinski definition) is 1. The first kappa shape index (κ1) is 11.0. The van der Waals surface area contributed by atoms with Crippen LogP contribution in [-0.2, 0) is 6.42 Å². The van der Waals surface area contributed by atoms with Crippen LogP contribution >= 0.6 is 0 Å². The number of nitrogens with two attached hydrogens (primary N) is 1. The van der Waals surface area contributed by atoms with Crippen LogP contribution in [0.25, 0.3) is 0 Å². The Morgan fingerprint density at radius 2 is 1.93 bits per heavy atom. The fourth-order valence-electron chi connectivity index (χ4n) is 1.15.